The fourth-order valence-corrected chi connectivity index (χ4v) is 4.86. The number of fused-ring (bicyclic) bond motifs is 2. The maximum Gasteiger partial charge on any atom is 0.341 e. The topological polar surface area (TPSA) is 45.9 Å². The zero-order valence-corrected chi connectivity index (χ0v) is 15.5. The molecule has 2 aromatic rings. The van der Waals surface area contributed by atoms with Crippen LogP contribution in [0.15, 0.2) is 15.3 Å². The highest BCUT2D eigenvalue weighted by molar-refractivity contribution is 5.91. The quantitative estimate of drug-likeness (QED) is 0.776. The third kappa shape index (κ3) is 2.57. The van der Waals surface area contributed by atoms with E-state index in [0.717, 1.165) is 80.8 Å². The van der Waals surface area contributed by atoms with Gasteiger partial charge in [-0.05, 0) is 49.8 Å². The number of morpholine rings is 1. The zero-order chi connectivity index (χ0) is 17.7. The molecule has 3 aliphatic heterocycles. The lowest BCUT2D eigenvalue weighted by atomic mass is 9.88. The van der Waals surface area contributed by atoms with Crippen LogP contribution in [0.1, 0.15) is 35.1 Å². The smallest absolute Gasteiger partial charge is 0.341 e. The van der Waals surface area contributed by atoms with Crippen LogP contribution in [0.5, 0.6) is 0 Å². The standard InChI is InChI=1S/C21H26N2O3/c1-14-17-12-15-4-2-6-23-7-3-5-16(19(15)23)20(17)26-21(24)18(14)13-22-8-10-25-11-9-22/h12H,2-11,13H2,1H3. The van der Waals surface area contributed by atoms with Gasteiger partial charge in [0.05, 0.1) is 18.8 Å². The lowest BCUT2D eigenvalue weighted by Gasteiger charge is -2.37. The second kappa shape index (κ2) is 6.39. The van der Waals surface area contributed by atoms with Crippen molar-refractivity contribution in [1.82, 2.24) is 4.90 Å². The second-order valence-electron chi connectivity index (χ2n) is 7.82. The molecule has 0 bridgehead atoms. The molecule has 1 fully saturated rings. The molecule has 4 heterocycles. The van der Waals surface area contributed by atoms with Crippen molar-refractivity contribution in [1.29, 1.82) is 0 Å². The van der Waals surface area contributed by atoms with E-state index in [0.29, 0.717) is 6.54 Å². The van der Waals surface area contributed by atoms with E-state index in [1.165, 1.54) is 23.2 Å². The third-order valence-electron chi connectivity index (χ3n) is 6.26. The van der Waals surface area contributed by atoms with Crippen molar-refractivity contribution in [2.24, 2.45) is 0 Å². The zero-order valence-electron chi connectivity index (χ0n) is 15.5. The van der Waals surface area contributed by atoms with Gasteiger partial charge in [-0.15, -0.1) is 0 Å². The molecule has 1 aromatic heterocycles. The summed E-state index contributed by atoms with van der Waals surface area (Å²) in [6.45, 7) is 8.25. The number of hydrogen-bond donors (Lipinski definition) is 0. The fraction of sp³-hybridized carbons (Fsp3) is 0.571. The molecule has 1 aromatic carbocycles. The monoisotopic (exact) mass is 354 g/mol. The summed E-state index contributed by atoms with van der Waals surface area (Å²) in [5, 5.41) is 1.14. The molecule has 1 saturated heterocycles. The van der Waals surface area contributed by atoms with Crippen molar-refractivity contribution < 1.29 is 9.15 Å². The molecule has 0 amide bonds. The van der Waals surface area contributed by atoms with E-state index in [1.54, 1.807) is 0 Å². The minimum absolute atomic E-state index is 0.161. The summed E-state index contributed by atoms with van der Waals surface area (Å²) in [5.41, 5.74) is 6.65. The first-order chi connectivity index (χ1) is 12.7. The molecule has 0 N–H and O–H groups in total. The van der Waals surface area contributed by atoms with E-state index in [1.807, 2.05) is 0 Å². The Labute approximate surface area is 153 Å². The van der Waals surface area contributed by atoms with Crippen LogP contribution in [0.3, 0.4) is 0 Å². The highest BCUT2D eigenvalue weighted by Gasteiger charge is 2.28. The van der Waals surface area contributed by atoms with Crippen molar-refractivity contribution in [3.63, 3.8) is 0 Å². The predicted octanol–water partition coefficient (Wildman–Crippen LogP) is 2.63. The highest BCUT2D eigenvalue weighted by atomic mass is 16.5. The Bertz CT molecular complexity index is 910. The first-order valence-corrected chi connectivity index (χ1v) is 9.88. The average Bonchev–Trinajstić information content (AvgIpc) is 2.67. The van der Waals surface area contributed by atoms with Crippen molar-refractivity contribution in [2.75, 3.05) is 44.3 Å². The molecule has 138 valence electrons. The fourth-order valence-electron chi connectivity index (χ4n) is 4.86. The average molecular weight is 354 g/mol. The van der Waals surface area contributed by atoms with Crippen LogP contribution >= 0.6 is 0 Å². The van der Waals surface area contributed by atoms with Gasteiger partial charge in [0.15, 0.2) is 0 Å². The largest absolute Gasteiger partial charge is 0.422 e. The van der Waals surface area contributed by atoms with Gasteiger partial charge < -0.3 is 14.1 Å². The first-order valence-electron chi connectivity index (χ1n) is 9.88. The van der Waals surface area contributed by atoms with Crippen LogP contribution in [0, 0.1) is 6.92 Å². The molecule has 26 heavy (non-hydrogen) atoms. The number of anilines is 1. The lowest BCUT2D eigenvalue weighted by molar-refractivity contribution is 0.0337. The Morgan fingerprint density at radius 1 is 1.08 bits per heavy atom. The van der Waals surface area contributed by atoms with Gasteiger partial charge in [-0.2, -0.15) is 0 Å². The molecule has 5 nitrogen and oxygen atoms in total. The summed E-state index contributed by atoms with van der Waals surface area (Å²) in [5.74, 6) is 0. The Morgan fingerprint density at radius 3 is 2.65 bits per heavy atom. The molecule has 3 aliphatic rings. The van der Waals surface area contributed by atoms with Crippen molar-refractivity contribution in [2.45, 2.75) is 39.2 Å². The molecule has 0 spiro atoms. The second-order valence-corrected chi connectivity index (χ2v) is 7.82. The minimum atomic E-state index is -0.161. The maximum absolute atomic E-state index is 12.8. The van der Waals surface area contributed by atoms with Crippen LogP contribution in [0.4, 0.5) is 5.69 Å². The van der Waals surface area contributed by atoms with E-state index >= 15 is 0 Å². The van der Waals surface area contributed by atoms with Crippen molar-refractivity contribution in [3.05, 3.63) is 38.7 Å². The Balaban J connectivity index is 1.66. The normalized spacial score (nSPS) is 20.4. The van der Waals surface area contributed by atoms with Crippen LogP contribution in [-0.4, -0.2) is 44.3 Å². The van der Waals surface area contributed by atoms with E-state index in [-0.39, 0.29) is 5.63 Å². The van der Waals surface area contributed by atoms with Crippen molar-refractivity contribution >= 4 is 16.7 Å². The van der Waals surface area contributed by atoms with Gasteiger partial charge in [0.25, 0.3) is 0 Å². The number of nitrogens with zero attached hydrogens (tertiary/aromatic N) is 2. The van der Waals surface area contributed by atoms with Gasteiger partial charge in [0, 0.05) is 49.4 Å². The number of aryl methyl sites for hydroxylation is 3. The predicted molar refractivity (Wildman–Crippen MR) is 102 cm³/mol. The van der Waals surface area contributed by atoms with Gasteiger partial charge in [-0.25, -0.2) is 4.79 Å². The molecule has 0 unspecified atom stereocenters. The van der Waals surface area contributed by atoms with Crippen LogP contribution in [-0.2, 0) is 24.1 Å². The van der Waals surface area contributed by atoms with E-state index in [2.05, 4.69) is 22.8 Å². The molecule has 0 aliphatic carbocycles. The van der Waals surface area contributed by atoms with Gasteiger partial charge >= 0.3 is 5.63 Å². The molecule has 0 saturated carbocycles. The summed E-state index contributed by atoms with van der Waals surface area (Å²) in [6, 6.07) is 2.30. The Morgan fingerprint density at radius 2 is 1.85 bits per heavy atom. The van der Waals surface area contributed by atoms with E-state index in [9.17, 15) is 4.79 Å². The van der Waals surface area contributed by atoms with Gasteiger partial charge in [-0.3, -0.25) is 4.90 Å². The van der Waals surface area contributed by atoms with Gasteiger partial charge in [-0.1, -0.05) is 0 Å². The number of rotatable bonds is 2. The minimum Gasteiger partial charge on any atom is -0.422 e. The van der Waals surface area contributed by atoms with Crippen LogP contribution < -0.4 is 10.5 Å². The Kier molecular flexibility index (Phi) is 4.02. The van der Waals surface area contributed by atoms with Gasteiger partial charge in [0.2, 0.25) is 0 Å². The summed E-state index contributed by atoms with van der Waals surface area (Å²) in [4.78, 5) is 17.6. The third-order valence-corrected chi connectivity index (χ3v) is 6.26. The summed E-state index contributed by atoms with van der Waals surface area (Å²) in [6.07, 6.45) is 4.51. The van der Waals surface area contributed by atoms with E-state index in [4.69, 9.17) is 9.15 Å². The molecular formula is C21H26N2O3. The number of benzene rings is 1. The summed E-state index contributed by atoms with van der Waals surface area (Å²) < 4.78 is 11.4. The SMILES string of the molecule is Cc1c(CN2CCOCC2)c(=O)oc2c3c4c(cc12)CCCN4CCC3. The van der Waals surface area contributed by atoms with Crippen molar-refractivity contribution in [3.8, 4) is 0 Å². The highest BCUT2D eigenvalue weighted by Crippen LogP contribution is 2.40. The maximum atomic E-state index is 12.8. The number of ether oxygens (including phenoxy) is 1. The molecule has 0 radical (unpaired) electrons. The molecule has 5 rings (SSSR count). The molecule has 5 heteroatoms. The van der Waals surface area contributed by atoms with Crippen LogP contribution in [0.2, 0.25) is 0 Å². The van der Waals surface area contributed by atoms with Crippen LogP contribution in [0.25, 0.3) is 11.0 Å². The lowest BCUT2D eigenvalue weighted by Crippen LogP contribution is -2.37. The van der Waals surface area contributed by atoms with E-state index < -0.39 is 0 Å². The number of hydrogen-bond acceptors (Lipinski definition) is 5. The summed E-state index contributed by atoms with van der Waals surface area (Å²) in [7, 11) is 0. The van der Waals surface area contributed by atoms with Gasteiger partial charge in [0.1, 0.15) is 5.58 Å². The summed E-state index contributed by atoms with van der Waals surface area (Å²) >= 11 is 0. The Hall–Kier alpha value is -1.85. The molecular weight excluding hydrogens is 328 g/mol. The first kappa shape index (κ1) is 16.3. The molecule has 0 atom stereocenters.